The van der Waals surface area contributed by atoms with Crippen molar-refractivity contribution in [3.63, 3.8) is 0 Å². The second-order valence-corrected chi connectivity index (χ2v) is 2.86. The lowest BCUT2D eigenvalue weighted by Gasteiger charge is -2.08. The van der Waals surface area contributed by atoms with Gasteiger partial charge in [-0.25, -0.2) is 9.18 Å². The number of esters is 1. The van der Waals surface area contributed by atoms with Crippen molar-refractivity contribution in [1.82, 2.24) is 0 Å². The largest absolute Gasteiger partial charge is 0.504 e. The van der Waals surface area contributed by atoms with Crippen LogP contribution in [0.5, 0.6) is 11.5 Å². The summed E-state index contributed by atoms with van der Waals surface area (Å²) in [5.41, 5.74) is -0.0521. The number of ether oxygens (including phenoxy) is 1. The number of rotatable bonds is 3. The zero-order chi connectivity index (χ0) is 11.4. The van der Waals surface area contributed by atoms with E-state index >= 15 is 0 Å². The van der Waals surface area contributed by atoms with E-state index < -0.39 is 17.9 Å². The van der Waals surface area contributed by atoms with Gasteiger partial charge in [-0.15, -0.1) is 0 Å². The van der Waals surface area contributed by atoms with E-state index in [1.165, 1.54) is 6.07 Å². The SMILES string of the molecule is CCOC(=O)C(F)c1ccc(O)c(O)c1. The molecular weight excluding hydrogens is 203 g/mol. The number of hydrogen-bond acceptors (Lipinski definition) is 4. The van der Waals surface area contributed by atoms with E-state index in [1.807, 2.05) is 0 Å². The number of hydrogen-bond donors (Lipinski definition) is 2. The first kappa shape index (κ1) is 11.3. The van der Waals surface area contributed by atoms with Crippen molar-refractivity contribution in [3.8, 4) is 11.5 Å². The van der Waals surface area contributed by atoms with Crippen LogP contribution in [0.2, 0.25) is 0 Å². The van der Waals surface area contributed by atoms with Crippen LogP contribution in [0.1, 0.15) is 18.7 Å². The lowest BCUT2D eigenvalue weighted by Crippen LogP contribution is -2.11. The third-order valence-corrected chi connectivity index (χ3v) is 1.79. The van der Waals surface area contributed by atoms with Gasteiger partial charge in [-0.05, 0) is 19.1 Å². The van der Waals surface area contributed by atoms with Crippen LogP contribution >= 0.6 is 0 Å². The Hall–Kier alpha value is -1.78. The molecule has 1 aromatic rings. The molecule has 0 aliphatic heterocycles. The Labute approximate surface area is 85.9 Å². The molecule has 0 spiro atoms. The average Bonchev–Trinajstić information content (AvgIpc) is 2.21. The van der Waals surface area contributed by atoms with Gasteiger partial charge in [0.1, 0.15) is 0 Å². The minimum atomic E-state index is -1.95. The van der Waals surface area contributed by atoms with E-state index in [2.05, 4.69) is 4.74 Å². The molecule has 1 unspecified atom stereocenters. The number of aromatic hydroxyl groups is 2. The molecule has 2 N–H and O–H groups in total. The molecule has 1 atom stereocenters. The Morgan fingerprint density at radius 3 is 2.67 bits per heavy atom. The Morgan fingerprint density at radius 1 is 1.47 bits per heavy atom. The number of halogens is 1. The topological polar surface area (TPSA) is 66.8 Å². The van der Waals surface area contributed by atoms with Crippen LogP contribution in [0, 0.1) is 0 Å². The quantitative estimate of drug-likeness (QED) is 0.593. The highest BCUT2D eigenvalue weighted by Crippen LogP contribution is 2.29. The molecule has 5 heteroatoms. The molecule has 0 radical (unpaired) electrons. The molecule has 0 saturated carbocycles. The van der Waals surface area contributed by atoms with Crippen LogP contribution in [-0.2, 0) is 9.53 Å². The van der Waals surface area contributed by atoms with Gasteiger partial charge in [0.15, 0.2) is 11.5 Å². The summed E-state index contributed by atoms with van der Waals surface area (Å²) in [6.45, 7) is 1.65. The third kappa shape index (κ3) is 2.59. The van der Waals surface area contributed by atoms with E-state index in [4.69, 9.17) is 10.2 Å². The van der Waals surface area contributed by atoms with Crippen molar-refractivity contribution in [2.24, 2.45) is 0 Å². The molecule has 0 amide bonds. The van der Waals surface area contributed by atoms with Gasteiger partial charge in [0.25, 0.3) is 0 Å². The predicted molar refractivity (Wildman–Crippen MR) is 50.3 cm³/mol. The van der Waals surface area contributed by atoms with Crippen molar-refractivity contribution < 1.29 is 24.1 Å². The maximum absolute atomic E-state index is 13.4. The van der Waals surface area contributed by atoms with Gasteiger partial charge in [0.2, 0.25) is 6.17 Å². The van der Waals surface area contributed by atoms with Gasteiger partial charge in [-0.3, -0.25) is 0 Å². The zero-order valence-corrected chi connectivity index (χ0v) is 8.11. The molecule has 0 saturated heterocycles. The first-order valence-electron chi connectivity index (χ1n) is 4.38. The van der Waals surface area contributed by atoms with E-state index in [-0.39, 0.29) is 17.9 Å². The van der Waals surface area contributed by atoms with Crippen molar-refractivity contribution in [3.05, 3.63) is 23.8 Å². The van der Waals surface area contributed by atoms with Crippen LogP contribution in [0.3, 0.4) is 0 Å². The van der Waals surface area contributed by atoms with Gasteiger partial charge in [-0.2, -0.15) is 0 Å². The smallest absolute Gasteiger partial charge is 0.345 e. The van der Waals surface area contributed by atoms with Gasteiger partial charge >= 0.3 is 5.97 Å². The minimum absolute atomic E-state index is 0.0521. The normalized spacial score (nSPS) is 12.1. The van der Waals surface area contributed by atoms with Crippen molar-refractivity contribution >= 4 is 5.97 Å². The number of benzene rings is 1. The highest BCUT2D eigenvalue weighted by molar-refractivity contribution is 5.76. The Morgan fingerprint density at radius 2 is 2.13 bits per heavy atom. The standard InChI is InChI=1S/C10H11FO4/c1-2-15-10(14)9(11)6-3-4-7(12)8(13)5-6/h3-5,9,12-13H,2H2,1H3. The summed E-state index contributed by atoms with van der Waals surface area (Å²) in [6.07, 6.45) is -1.95. The van der Waals surface area contributed by atoms with Crippen molar-refractivity contribution in [2.75, 3.05) is 6.61 Å². The molecule has 1 aromatic carbocycles. The van der Waals surface area contributed by atoms with Crippen LogP contribution in [-0.4, -0.2) is 22.8 Å². The molecule has 1 rings (SSSR count). The second-order valence-electron chi connectivity index (χ2n) is 2.86. The number of phenolic OH excluding ortho intramolecular Hbond substituents is 2. The Balaban J connectivity index is 2.86. The van der Waals surface area contributed by atoms with Gasteiger partial charge in [0.05, 0.1) is 6.61 Å². The second kappa shape index (κ2) is 4.63. The summed E-state index contributed by atoms with van der Waals surface area (Å²) in [7, 11) is 0. The lowest BCUT2D eigenvalue weighted by atomic mass is 10.1. The Bertz CT molecular complexity index is 364. The van der Waals surface area contributed by atoms with E-state index in [9.17, 15) is 9.18 Å². The summed E-state index contributed by atoms with van der Waals surface area (Å²) in [6, 6.07) is 3.30. The predicted octanol–water partition coefficient (Wildman–Crippen LogP) is 1.67. The first-order valence-corrected chi connectivity index (χ1v) is 4.38. The van der Waals surface area contributed by atoms with Crippen LogP contribution in [0.4, 0.5) is 4.39 Å². The molecule has 0 aliphatic carbocycles. The Kier molecular flexibility index (Phi) is 3.49. The fraction of sp³-hybridized carbons (Fsp3) is 0.300. The first-order chi connectivity index (χ1) is 7.06. The number of alkyl halides is 1. The summed E-state index contributed by atoms with van der Waals surface area (Å²) in [4.78, 5) is 11.0. The molecular formula is C10H11FO4. The third-order valence-electron chi connectivity index (χ3n) is 1.79. The molecule has 0 bridgehead atoms. The van der Waals surface area contributed by atoms with Crippen molar-refractivity contribution in [1.29, 1.82) is 0 Å². The van der Waals surface area contributed by atoms with E-state index in [1.54, 1.807) is 6.92 Å². The highest BCUT2D eigenvalue weighted by atomic mass is 19.1. The molecule has 15 heavy (non-hydrogen) atoms. The fourth-order valence-electron chi connectivity index (χ4n) is 1.05. The summed E-state index contributed by atoms with van der Waals surface area (Å²) in [5, 5.41) is 18.1. The summed E-state index contributed by atoms with van der Waals surface area (Å²) in [5.74, 6) is -1.85. The maximum atomic E-state index is 13.4. The maximum Gasteiger partial charge on any atom is 0.345 e. The van der Waals surface area contributed by atoms with E-state index in [0.717, 1.165) is 12.1 Å². The van der Waals surface area contributed by atoms with Crippen LogP contribution in [0.15, 0.2) is 18.2 Å². The molecule has 4 nitrogen and oxygen atoms in total. The van der Waals surface area contributed by atoms with Gasteiger partial charge < -0.3 is 14.9 Å². The average molecular weight is 214 g/mol. The minimum Gasteiger partial charge on any atom is -0.504 e. The summed E-state index contributed by atoms with van der Waals surface area (Å²) < 4.78 is 17.8. The lowest BCUT2D eigenvalue weighted by molar-refractivity contribution is -0.149. The molecule has 0 aliphatic rings. The number of carbonyl (C=O) groups excluding carboxylic acids is 1. The fourth-order valence-corrected chi connectivity index (χ4v) is 1.05. The number of carbonyl (C=O) groups is 1. The van der Waals surface area contributed by atoms with Crippen LogP contribution < -0.4 is 0 Å². The zero-order valence-electron chi connectivity index (χ0n) is 8.11. The molecule has 82 valence electrons. The number of phenols is 2. The van der Waals surface area contributed by atoms with Crippen LogP contribution in [0.25, 0.3) is 0 Å². The monoisotopic (exact) mass is 214 g/mol. The van der Waals surface area contributed by atoms with Gasteiger partial charge in [0, 0.05) is 5.56 Å². The summed E-state index contributed by atoms with van der Waals surface area (Å²) >= 11 is 0. The molecule has 0 heterocycles. The molecule has 0 aromatic heterocycles. The van der Waals surface area contributed by atoms with Gasteiger partial charge in [-0.1, -0.05) is 6.07 Å². The van der Waals surface area contributed by atoms with E-state index in [0.29, 0.717) is 0 Å². The highest BCUT2D eigenvalue weighted by Gasteiger charge is 2.21. The molecule has 0 fully saturated rings. The van der Waals surface area contributed by atoms with Crippen molar-refractivity contribution in [2.45, 2.75) is 13.1 Å².